The minimum absolute atomic E-state index is 0.00246. The summed E-state index contributed by atoms with van der Waals surface area (Å²) in [5, 5.41) is 22.8. The van der Waals surface area contributed by atoms with Gasteiger partial charge in [0.25, 0.3) is 5.89 Å². The SMILES string of the molecule is CC(C)Oc1ccc(-c2nc(-c3cccc4c3CC3CC(=O)N(CCC(=O)O)C43)no2)cc1C#N. The Morgan fingerprint density at radius 2 is 2.14 bits per heavy atom. The molecule has 0 saturated carbocycles. The summed E-state index contributed by atoms with van der Waals surface area (Å²) in [4.78, 5) is 29.9. The Kier molecular flexibility index (Phi) is 5.73. The lowest BCUT2D eigenvalue weighted by Crippen LogP contribution is -2.30. The highest BCUT2D eigenvalue weighted by Gasteiger charge is 2.46. The highest BCUT2D eigenvalue weighted by Crippen LogP contribution is 2.49. The van der Waals surface area contributed by atoms with Gasteiger partial charge in [0.05, 0.1) is 24.1 Å². The first-order valence-electron chi connectivity index (χ1n) is 11.5. The van der Waals surface area contributed by atoms with E-state index >= 15 is 0 Å². The third-order valence-electron chi connectivity index (χ3n) is 6.48. The standard InChI is InChI=1S/C26H24N4O5/c1-14(2)34-21-7-6-15(10-17(21)13-27)26-28-25(29-35-26)19-5-3-4-18-20(19)11-16-12-22(31)30(24(16)18)9-8-23(32)33/h3-7,10,14,16,24H,8-9,11-12H2,1-2H3,(H,32,33). The lowest BCUT2D eigenvalue weighted by atomic mass is 10.0. The molecule has 2 unspecified atom stereocenters. The Hall–Kier alpha value is -4.19. The fraction of sp³-hybridized carbons (Fsp3) is 0.346. The molecule has 9 nitrogen and oxygen atoms in total. The number of nitrogens with zero attached hydrogens (tertiary/aromatic N) is 4. The number of likely N-dealkylation sites (tertiary alicyclic amines) is 1. The van der Waals surface area contributed by atoms with E-state index in [9.17, 15) is 14.9 Å². The van der Waals surface area contributed by atoms with Gasteiger partial charge in [-0.25, -0.2) is 0 Å². The van der Waals surface area contributed by atoms with Crippen LogP contribution in [-0.4, -0.2) is 44.7 Å². The van der Waals surface area contributed by atoms with E-state index < -0.39 is 5.97 Å². The molecule has 2 aliphatic rings. The van der Waals surface area contributed by atoms with E-state index in [0.717, 1.165) is 16.7 Å². The molecule has 2 heterocycles. The van der Waals surface area contributed by atoms with Crippen molar-refractivity contribution < 1.29 is 24.0 Å². The topological polar surface area (TPSA) is 130 Å². The molecule has 0 spiro atoms. The highest BCUT2D eigenvalue weighted by molar-refractivity contribution is 5.82. The number of amides is 1. The van der Waals surface area contributed by atoms with Crippen LogP contribution in [-0.2, 0) is 16.0 Å². The van der Waals surface area contributed by atoms with Gasteiger partial charge in [0.2, 0.25) is 11.7 Å². The predicted molar refractivity (Wildman–Crippen MR) is 124 cm³/mol. The minimum atomic E-state index is -0.920. The first-order valence-corrected chi connectivity index (χ1v) is 11.5. The van der Waals surface area contributed by atoms with Gasteiger partial charge in [-0.1, -0.05) is 23.4 Å². The van der Waals surface area contributed by atoms with Gasteiger partial charge in [-0.05, 0) is 55.5 Å². The van der Waals surface area contributed by atoms with Crippen LogP contribution in [0.3, 0.4) is 0 Å². The van der Waals surface area contributed by atoms with Crippen LogP contribution in [0.15, 0.2) is 40.9 Å². The zero-order chi connectivity index (χ0) is 24.7. The summed E-state index contributed by atoms with van der Waals surface area (Å²) in [6.45, 7) is 3.99. The zero-order valence-electron chi connectivity index (χ0n) is 19.4. The molecule has 9 heteroatoms. The van der Waals surface area contributed by atoms with Crippen molar-refractivity contribution >= 4 is 11.9 Å². The van der Waals surface area contributed by atoms with Gasteiger partial charge < -0.3 is 19.3 Å². The second-order valence-corrected chi connectivity index (χ2v) is 9.13. The van der Waals surface area contributed by atoms with E-state index in [0.29, 0.717) is 41.4 Å². The van der Waals surface area contributed by atoms with E-state index in [1.165, 1.54) is 0 Å². The van der Waals surface area contributed by atoms with Crippen LogP contribution in [0.5, 0.6) is 5.75 Å². The number of fused-ring (bicyclic) bond motifs is 3. The molecule has 1 aromatic heterocycles. The largest absolute Gasteiger partial charge is 0.490 e. The number of aromatic nitrogens is 2. The maximum absolute atomic E-state index is 12.5. The van der Waals surface area contributed by atoms with Crippen molar-refractivity contribution in [2.75, 3.05) is 6.54 Å². The number of carboxylic acids is 1. The van der Waals surface area contributed by atoms with Crippen LogP contribution < -0.4 is 4.74 Å². The Morgan fingerprint density at radius 3 is 2.89 bits per heavy atom. The Bertz CT molecular complexity index is 1360. The maximum atomic E-state index is 12.5. The fourth-order valence-electron chi connectivity index (χ4n) is 5.09. The van der Waals surface area contributed by atoms with Crippen LogP contribution in [0.1, 0.15) is 49.4 Å². The number of rotatable bonds is 7. The number of nitriles is 1. The molecule has 2 aromatic carbocycles. The van der Waals surface area contributed by atoms with Crippen LogP contribution in [0.25, 0.3) is 22.8 Å². The lowest BCUT2D eigenvalue weighted by Gasteiger charge is -2.24. The smallest absolute Gasteiger partial charge is 0.305 e. The van der Waals surface area contributed by atoms with E-state index in [1.807, 2.05) is 32.0 Å². The van der Waals surface area contributed by atoms with E-state index in [-0.39, 0.29) is 36.9 Å². The first-order chi connectivity index (χ1) is 16.9. The Morgan fingerprint density at radius 1 is 1.31 bits per heavy atom. The van der Waals surface area contributed by atoms with E-state index in [1.54, 1.807) is 23.1 Å². The first kappa shape index (κ1) is 22.6. The van der Waals surface area contributed by atoms with E-state index in [4.69, 9.17) is 14.4 Å². The maximum Gasteiger partial charge on any atom is 0.305 e. The summed E-state index contributed by atoms with van der Waals surface area (Å²) >= 11 is 0. The highest BCUT2D eigenvalue weighted by atomic mass is 16.5. The van der Waals surface area contributed by atoms with Gasteiger partial charge in [0.15, 0.2) is 0 Å². The van der Waals surface area contributed by atoms with Gasteiger partial charge >= 0.3 is 5.97 Å². The zero-order valence-corrected chi connectivity index (χ0v) is 19.4. The number of hydrogen-bond acceptors (Lipinski definition) is 7. The van der Waals surface area contributed by atoms with Crippen molar-refractivity contribution in [3.05, 3.63) is 53.1 Å². The number of aliphatic carboxylic acids is 1. The monoisotopic (exact) mass is 472 g/mol. The Labute approximate surface area is 201 Å². The quantitative estimate of drug-likeness (QED) is 0.546. The average molecular weight is 473 g/mol. The van der Waals surface area contributed by atoms with Gasteiger partial charge in [0, 0.05) is 24.1 Å². The van der Waals surface area contributed by atoms with Gasteiger partial charge in [-0.2, -0.15) is 10.2 Å². The number of ether oxygens (including phenoxy) is 1. The third-order valence-corrected chi connectivity index (χ3v) is 6.48. The number of hydrogen-bond donors (Lipinski definition) is 1. The molecule has 1 N–H and O–H groups in total. The van der Waals surface area contributed by atoms with Crippen molar-refractivity contribution in [1.29, 1.82) is 5.26 Å². The molecule has 1 amide bonds. The molecule has 1 fully saturated rings. The molecule has 0 radical (unpaired) electrons. The number of carboxylic acid groups (broad SMARTS) is 1. The van der Waals surface area contributed by atoms with E-state index in [2.05, 4.69) is 16.2 Å². The van der Waals surface area contributed by atoms with Gasteiger partial charge in [-0.15, -0.1) is 0 Å². The van der Waals surface area contributed by atoms with Gasteiger partial charge in [0.1, 0.15) is 11.8 Å². The second kappa shape index (κ2) is 8.87. The minimum Gasteiger partial charge on any atom is -0.490 e. The van der Waals surface area contributed by atoms with Gasteiger partial charge in [-0.3, -0.25) is 9.59 Å². The third kappa shape index (κ3) is 4.12. The lowest BCUT2D eigenvalue weighted by molar-refractivity contribution is -0.138. The molecular formula is C26H24N4O5. The van der Waals surface area contributed by atoms with Crippen molar-refractivity contribution in [3.8, 4) is 34.7 Å². The van der Waals surface area contributed by atoms with Crippen molar-refractivity contribution in [1.82, 2.24) is 15.0 Å². The van der Waals surface area contributed by atoms with Crippen LogP contribution >= 0.6 is 0 Å². The molecule has 178 valence electrons. The summed E-state index contributed by atoms with van der Waals surface area (Å²) in [5.41, 5.74) is 3.90. The summed E-state index contributed by atoms with van der Waals surface area (Å²) in [6, 6.07) is 13.0. The molecule has 35 heavy (non-hydrogen) atoms. The summed E-state index contributed by atoms with van der Waals surface area (Å²) < 4.78 is 11.2. The number of benzene rings is 2. The molecule has 1 aliphatic heterocycles. The summed E-state index contributed by atoms with van der Waals surface area (Å²) in [6.07, 6.45) is 0.953. The average Bonchev–Trinajstić information content (AvgIpc) is 3.51. The molecule has 1 saturated heterocycles. The molecule has 3 aromatic rings. The molecule has 5 rings (SSSR count). The molecule has 0 bridgehead atoms. The second-order valence-electron chi connectivity index (χ2n) is 9.13. The van der Waals surface area contributed by atoms with Crippen LogP contribution in [0.4, 0.5) is 0 Å². The number of carbonyl (C=O) groups excluding carboxylic acids is 1. The van der Waals surface area contributed by atoms with Crippen molar-refractivity contribution in [2.24, 2.45) is 5.92 Å². The molecular weight excluding hydrogens is 448 g/mol. The van der Waals surface area contributed by atoms with Crippen LogP contribution in [0.2, 0.25) is 0 Å². The predicted octanol–water partition coefficient (Wildman–Crippen LogP) is 3.98. The molecule has 1 aliphatic carbocycles. The van der Waals surface area contributed by atoms with Crippen molar-refractivity contribution in [2.45, 2.75) is 45.3 Å². The Balaban J connectivity index is 1.45. The summed E-state index contributed by atoms with van der Waals surface area (Å²) in [5.74, 6) is 0.405. The summed E-state index contributed by atoms with van der Waals surface area (Å²) in [7, 11) is 0. The van der Waals surface area contributed by atoms with Crippen molar-refractivity contribution in [3.63, 3.8) is 0 Å². The fourth-order valence-corrected chi connectivity index (χ4v) is 5.09. The number of carbonyl (C=O) groups is 2. The van der Waals surface area contributed by atoms with Crippen LogP contribution in [0, 0.1) is 17.2 Å². The normalized spacial score (nSPS) is 18.5. The molecule has 2 atom stereocenters.